The van der Waals surface area contributed by atoms with Crippen molar-refractivity contribution in [2.75, 3.05) is 13.2 Å². The predicted octanol–water partition coefficient (Wildman–Crippen LogP) is 8.44. The van der Waals surface area contributed by atoms with Crippen LogP contribution in [0.4, 0.5) is 0 Å². The topological polar surface area (TPSA) is 81.2 Å². The Morgan fingerprint density at radius 1 is 0.578 bits per heavy atom. The molecule has 2 atom stereocenters. The molecule has 2 unspecified atom stereocenters. The molecule has 3 aromatic carbocycles. The van der Waals surface area contributed by atoms with Gasteiger partial charge in [0, 0.05) is 48.6 Å². The first-order valence-corrected chi connectivity index (χ1v) is 15.9. The lowest BCUT2D eigenvalue weighted by molar-refractivity contribution is -0.106. The number of fused-ring (bicyclic) bond motifs is 6. The van der Waals surface area contributed by atoms with E-state index in [9.17, 15) is 0 Å². The van der Waals surface area contributed by atoms with Gasteiger partial charge in [-0.1, -0.05) is 0 Å². The second-order valence-electron chi connectivity index (χ2n) is 12.3. The first-order valence-electron chi connectivity index (χ1n) is 15.9. The number of rotatable bonds is 6. The van der Waals surface area contributed by atoms with Gasteiger partial charge in [-0.05, 0) is 98.5 Å². The molecule has 8 nitrogen and oxygen atoms in total. The molecule has 5 aromatic rings. The van der Waals surface area contributed by atoms with Crippen LogP contribution in [0.2, 0.25) is 0 Å². The van der Waals surface area contributed by atoms with E-state index in [4.69, 9.17) is 38.4 Å². The van der Waals surface area contributed by atoms with Crippen molar-refractivity contribution in [3.63, 3.8) is 0 Å². The zero-order valence-electron chi connectivity index (χ0n) is 25.6. The van der Waals surface area contributed by atoms with Gasteiger partial charge in [-0.25, -0.2) is 9.97 Å². The zero-order chi connectivity index (χ0) is 30.4. The van der Waals surface area contributed by atoms with Crippen molar-refractivity contribution < 1.29 is 28.4 Å². The van der Waals surface area contributed by atoms with Crippen LogP contribution in [0.15, 0.2) is 72.8 Å². The minimum Gasteiger partial charge on any atom is -0.465 e. The monoisotopic (exact) mass is 604 g/mol. The van der Waals surface area contributed by atoms with Crippen LogP contribution in [-0.2, 0) is 9.47 Å². The second-order valence-corrected chi connectivity index (χ2v) is 12.3. The van der Waals surface area contributed by atoms with Crippen LogP contribution < -0.4 is 18.9 Å². The Morgan fingerprint density at radius 3 is 1.42 bits per heavy atom. The second kappa shape index (κ2) is 11.5. The van der Waals surface area contributed by atoms with Gasteiger partial charge in [-0.3, -0.25) is 0 Å². The maximum Gasteiger partial charge on any atom is 0.246 e. The first-order chi connectivity index (χ1) is 22.0. The average molecular weight is 605 g/mol. The number of pyridine rings is 2. The Labute approximate surface area is 262 Å². The first kappa shape index (κ1) is 28.1. The van der Waals surface area contributed by atoms with E-state index in [-0.39, 0.29) is 12.6 Å². The Balaban J connectivity index is 1.16. The van der Waals surface area contributed by atoms with E-state index in [0.717, 1.165) is 108 Å². The molecule has 8 rings (SSSR count). The summed E-state index contributed by atoms with van der Waals surface area (Å²) < 4.78 is 36.2. The number of benzene rings is 3. The zero-order valence-corrected chi connectivity index (χ0v) is 25.6. The smallest absolute Gasteiger partial charge is 0.246 e. The van der Waals surface area contributed by atoms with Crippen molar-refractivity contribution in [1.29, 1.82) is 0 Å². The molecule has 45 heavy (non-hydrogen) atoms. The highest BCUT2D eigenvalue weighted by atomic mass is 16.7. The molecular weight excluding hydrogens is 568 g/mol. The predicted molar refractivity (Wildman–Crippen MR) is 172 cm³/mol. The molecule has 0 bridgehead atoms. The quantitative estimate of drug-likeness (QED) is 0.179. The molecule has 0 aliphatic carbocycles. The molecule has 2 aromatic heterocycles. The molecule has 3 aliphatic heterocycles. The largest absolute Gasteiger partial charge is 0.465 e. The summed E-state index contributed by atoms with van der Waals surface area (Å²) in [5.41, 5.74) is 5.15. The Morgan fingerprint density at radius 2 is 1.02 bits per heavy atom. The van der Waals surface area contributed by atoms with Gasteiger partial charge in [0.05, 0.1) is 24.6 Å². The fourth-order valence-corrected chi connectivity index (χ4v) is 6.25. The normalized spacial score (nSPS) is 20.8. The van der Waals surface area contributed by atoms with Crippen LogP contribution in [0.1, 0.15) is 52.4 Å². The highest BCUT2D eigenvalue weighted by molar-refractivity contribution is 6.11. The molecule has 2 fully saturated rings. The number of nitrogens with zero attached hydrogens (tertiary/aromatic N) is 2. The Kier molecular flexibility index (Phi) is 7.19. The van der Waals surface area contributed by atoms with Crippen molar-refractivity contribution in [2.24, 2.45) is 0 Å². The molecular formula is C37H36N2O6. The lowest BCUT2D eigenvalue weighted by Crippen LogP contribution is -2.29. The van der Waals surface area contributed by atoms with Crippen LogP contribution in [0.3, 0.4) is 0 Å². The maximum atomic E-state index is 6.30. The van der Waals surface area contributed by atoms with Gasteiger partial charge in [0.1, 0.15) is 22.5 Å². The van der Waals surface area contributed by atoms with Gasteiger partial charge in [0.2, 0.25) is 5.79 Å². The van der Waals surface area contributed by atoms with E-state index >= 15 is 0 Å². The molecule has 0 amide bonds. The van der Waals surface area contributed by atoms with E-state index in [1.54, 1.807) is 0 Å². The Hall–Kier alpha value is -4.40. The molecule has 2 saturated heterocycles. The van der Waals surface area contributed by atoms with Crippen molar-refractivity contribution in [3.8, 4) is 45.5 Å². The van der Waals surface area contributed by atoms with E-state index in [1.165, 1.54) is 0 Å². The van der Waals surface area contributed by atoms with Crippen molar-refractivity contribution in [1.82, 2.24) is 9.97 Å². The molecule has 8 heteroatoms. The summed E-state index contributed by atoms with van der Waals surface area (Å²) in [5, 5.41) is 1.73. The summed E-state index contributed by atoms with van der Waals surface area (Å²) in [7, 11) is 0. The average Bonchev–Trinajstić information content (AvgIpc) is 3.41. The van der Waals surface area contributed by atoms with Crippen LogP contribution in [-0.4, -0.2) is 41.5 Å². The molecule has 5 heterocycles. The van der Waals surface area contributed by atoms with E-state index < -0.39 is 5.79 Å². The molecule has 0 spiro atoms. The van der Waals surface area contributed by atoms with Crippen LogP contribution in [0, 0.1) is 0 Å². The summed E-state index contributed by atoms with van der Waals surface area (Å²) in [6, 6.07) is 24.2. The van der Waals surface area contributed by atoms with Gasteiger partial charge in [-0.2, -0.15) is 0 Å². The van der Waals surface area contributed by atoms with E-state index in [1.807, 2.05) is 74.5 Å². The highest BCUT2D eigenvalue weighted by Gasteiger charge is 2.36. The third-order valence-electron chi connectivity index (χ3n) is 8.52. The molecule has 0 radical (unpaired) electrons. The minimum atomic E-state index is -0.795. The highest BCUT2D eigenvalue weighted by Crippen LogP contribution is 2.50. The van der Waals surface area contributed by atoms with Gasteiger partial charge in [0.15, 0.2) is 24.1 Å². The summed E-state index contributed by atoms with van der Waals surface area (Å²) in [5.74, 6) is 2.17. The number of hydrogen-bond acceptors (Lipinski definition) is 8. The van der Waals surface area contributed by atoms with Crippen LogP contribution in [0.5, 0.6) is 23.0 Å². The summed E-state index contributed by atoms with van der Waals surface area (Å²) in [6.07, 6.45) is 5.89. The molecule has 0 N–H and O–H groups in total. The number of ether oxygens (including phenoxy) is 6. The van der Waals surface area contributed by atoms with Crippen molar-refractivity contribution >= 4 is 21.8 Å². The fraction of sp³-hybridized carbons (Fsp3) is 0.351. The SMILES string of the molecule is CC1(C)Oc2c(c3ccc(-c4ccc(OC5CCCCO5)cc4)nc3c3nc(-c4ccc(OC5CCCCO5)cc4)ccc23)O1. The van der Waals surface area contributed by atoms with E-state index in [0.29, 0.717) is 11.5 Å². The van der Waals surface area contributed by atoms with Crippen LogP contribution in [0.25, 0.3) is 44.3 Å². The van der Waals surface area contributed by atoms with Crippen LogP contribution >= 0.6 is 0 Å². The van der Waals surface area contributed by atoms with Crippen molar-refractivity contribution in [2.45, 2.75) is 70.7 Å². The summed E-state index contributed by atoms with van der Waals surface area (Å²) >= 11 is 0. The fourth-order valence-electron chi connectivity index (χ4n) is 6.25. The summed E-state index contributed by atoms with van der Waals surface area (Å²) in [4.78, 5) is 10.3. The standard InChI is InChI=1S/C37H36N2O6/c1-37(2)44-35-27-17-19-29(23-9-13-25(14-10-23)42-31-7-3-5-21-40-31)38-33(27)34-28(36(35)45-37)18-20-30(39-34)24-11-15-26(16-12-24)43-32-8-4-6-22-41-32/h9-20,31-32H,3-8,21-22H2,1-2H3. The van der Waals surface area contributed by atoms with Gasteiger partial charge < -0.3 is 28.4 Å². The van der Waals surface area contributed by atoms with Crippen molar-refractivity contribution in [3.05, 3.63) is 72.8 Å². The van der Waals surface area contributed by atoms with Gasteiger partial charge >= 0.3 is 0 Å². The van der Waals surface area contributed by atoms with Gasteiger partial charge in [-0.15, -0.1) is 0 Å². The van der Waals surface area contributed by atoms with E-state index in [2.05, 4.69) is 12.1 Å². The lowest BCUT2D eigenvalue weighted by atomic mass is 10.0. The number of hydrogen-bond donors (Lipinski definition) is 0. The minimum absolute atomic E-state index is 0.182. The lowest BCUT2D eigenvalue weighted by Gasteiger charge is -2.23. The summed E-state index contributed by atoms with van der Waals surface area (Å²) in [6.45, 7) is 5.33. The van der Waals surface area contributed by atoms with Gasteiger partial charge in [0.25, 0.3) is 0 Å². The molecule has 3 aliphatic rings. The number of aromatic nitrogens is 2. The molecule has 0 saturated carbocycles. The third-order valence-corrected chi connectivity index (χ3v) is 8.52. The third kappa shape index (κ3) is 5.64. The Bertz CT molecular complexity index is 1710. The maximum absolute atomic E-state index is 6.30. The molecule has 230 valence electrons.